The van der Waals surface area contributed by atoms with E-state index in [0.29, 0.717) is 6.54 Å². The molecule has 0 aromatic heterocycles. The van der Waals surface area contributed by atoms with Crippen molar-refractivity contribution in [2.45, 2.75) is 19.5 Å². The molecule has 1 atom stereocenters. The number of carbonyl (C=O) groups is 1. The van der Waals surface area contributed by atoms with Crippen molar-refractivity contribution in [1.82, 2.24) is 4.90 Å². The topological polar surface area (TPSA) is 48.0 Å². The molecule has 1 aliphatic rings. The van der Waals surface area contributed by atoms with Gasteiger partial charge in [-0.05, 0) is 30.2 Å². The summed E-state index contributed by atoms with van der Waals surface area (Å²) in [6.07, 6.45) is 0. The molecule has 5 nitrogen and oxygen atoms in total. The maximum absolute atomic E-state index is 12.5. The molecule has 1 aliphatic heterocycles. The maximum atomic E-state index is 12.5. The Bertz CT molecular complexity index is 702. The number of rotatable bonds is 6. The summed E-state index contributed by atoms with van der Waals surface area (Å²) in [7, 11) is 1.53. The van der Waals surface area contributed by atoms with Gasteiger partial charge in [-0.1, -0.05) is 36.4 Å². The van der Waals surface area contributed by atoms with Gasteiger partial charge in [-0.2, -0.15) is 0 Å². The molecule has 5 heteroatoms. The number of amides is 1. The predicted octanol–water partition coefficient (Wildman–Crippen LogP) is 3.15. The third-order valence-corrected chi connectivity index (χ3v) is 4.13. The van der Waals surface area contributed by atoms with E-state index in [4.69, 9.17) is 14.2 Å². The van der Waals surface area contributed by atoms with E-state index in [2.05, 4.69) is 0 Å². The van der Waals surface area contributed by atoms with E-state index in [1.807, 2.05) is 60.4 Å². The van der Waals surface area contributed by atoms with Crippen LogP contribution in [0.3, 0.4) is 0 Å². The Hall–Kier alpha value is -2.53. The van der Waals surface area contributed by atoms with Crippen LogP contribution in [0.4, 0.5) is 0 Å². The maximum Gasteiger partial charge on any atom is 0.249 e. The van der Waals surface area contributed by atoms with E-state index in [1.54, 1.807) is 0 Å². The fraction of sp³-hybridized carbons (Fsp3) is 0.316. The molecule has 0 unspecified atom stereocenters. The van der Waals surface area contributed by atoms with E-state index in [9.17, 15) is 4.79 Å². The van der Waals surface area contributed by atoms with Crippen LogP contribution >= 0.6 is 0 Å². The zero-order chi connectivity index (χ0) is 16.9. The van der Waals surface area contributed by atoms with Gasteiger partial charge in [0.1, 0.15) is 6.61 Å². The average Bonchev–Trinajstić information content (AvgIpc) is 3.07. The van der Waals surface area contributed by atoms with Crippen LogP contribution in [0.1, 0.15) is 24.1 Å². The molecular formula is C19H21NO4. The highest BCUT2D eigenvalue weighted by molar-refractivity contribution is 5.78. The van der Waals surface area contributed by atoms with Crippen molar-refractivity contribution in [3.05, 3.63) is 59.7 Å². The Kier molecular flexibility index (Phi) is 5.01. The standard InChI is InChI=1S/C19H21NO4/c1-14(16-6-4-3-5-7-16)20(19(21)12-22-2)11-15-8-9-17-18(10-15)24-13-23-17/h3-10,14H,11-13H2,1-2H3/t14-/m0/s1. The highest BCUT2D eigenvalue weighted by atomic mass is 16.7. The lowest BCUT2D eigenvalue weighted by molar-refractivity contribution is -0.138. The molecule has 126 valence electrons. The minimum absolute atomic E-state index is 0.0495. The smallest absolute Gasteiger partial charge is 0.249 e. The first kappa shape index (κ1) is 16.3. The number of hydrogen-bond donors (Lipinski definition) is 0. The van der Waals surface area contributed by atoms with Crippen molar-refractivity contribution in [1.29, 1.82) is 0 Å². The first-order valence-electron chi connectivity index (χ1n) is 7.91. The molecule has 0 aliphatic carbocycles. The Balaban J connectivity index is 1.83. The fourth-order valence-electron chi connectivity index (χ4n) is 2.79. The number of benzene rings is 2. The van der Waals surface area contributed by atoms with Crippen molar-refractivity contribution >= 4 is 5.91 Å². The van der Waals surface area contributed by atoms with Crippen LogP contribution in [0.15, 0.2) is 48.5 Å². The van der Waals surface area contributed by atoms with Gasteiger partial charge in [-0.15, -0.1) is 0 Å². The van der Waals surface area contributed by atoms with Crippen LogP contribution in [0.2, 0.25) is 0 Å². The summed E-state index contributed by atoms with van der Waals surface area (Å²) < 4.78 is 15.8. The Labute approximate surface area is 141 Å². The summed E-state index contributed by atoms with van der Waals surface area (Å²) in [6.45, 7) is 2.80. The quantitative estimate of drug-likeness (QED) is 0.818. The van der Waals surface area contributed by atoms with Crippen molar-refractivity contribution in [2.24, 2.45) is 0 Å². The molecule has 0 N–H and O–H groups in total. The average molecular weight is 327 g/mol. The molecule has 0 saturated carbocycles. The molecule has 0 spiro atoms. The summed E-state index contributed by atoms with van der Waals surface area (Å²) >= 11 is 0. The van der Waals surface area contributed by atoms with Gasteiger partial charge < -0.3 is 19.1 Å². The monoisotopic (exact) mass is 327 g/mol. The second kappa shape index (κ2) is 7.36. The van der Waals surface area contributed by atoms with Gasteiger partial charge in [0, 0.05) is 13.7 Å². The van der Waals surface area contributed by atoms with Crippen LogP contribution < -0.4 is 9.47 Å². The predicted molar refractivity (Wildman–Crippen MR) is 89.8 cm³/mol. The third kappa shape index (κ3) is 3.51. The summed E-state index contributed by atoms with van der Waals surface area (Å²) in [5, 5.41) is 0. The van der Waals surface area contributed by atoms with Gasteiger partial charge in [0.05, 0.1) is 6.04 Å². The number of fused-ring (bicyclic) bond motifs is 1. The zero-order valence-corrected chi connectivity index (χ0v) is 13.9. The second-order valence-corrected chi connectivity index (χ2v) is 5.73. The number of nitrogens with zero attached hydrogens (tertiary/aromatic N) is 1. The molecule has 1 amide bonds. The summed E-state index contributed by atoms with van der Waals surface area (Å²) in [4.78, 5) is 14.4. The lowest BCUT2D eigenvalue weighted by Gasteiger charge is -2.29. The lowest BCUT2D eigenvalue weighted by atomic mass is 10.1. The van der Waals surface area contributed by atoms with Crippen molar-refractivity contribution in [3.63, 3.8) is 0 Å². The van der Waals surface area contributed by atoms with E-state index in [-0.39, 0.29) is 25.3 Å². The van der Waals surface area contributed by atoms with E-state index >= 15 is 0 Å². The molecular weight excluding hydrogens is 306 g/mol. The van der Waals surface area contributed by atoms with E-state index in [1.165, 1.54) is 7.11 Å². The highest BCUT2D eigenvalue weighted by Gasteiger charge is 2.22. The summed E-state index contributed by atoms with van der Waals surface area (Å²) in [5.41, 5.74) is 2.08. The summed E-state index contributed by atoms with van der Waals surface area (Å²) in [6, 6.07) is 15.7. The molecule has 3 rings (SSSR count). The molecule has 2 aromatic rings. The van der Waals surface area contributed by atoms with Crippen LogP contribution in [-0.2, 0) is 16.1 Å². The molecule has 24 heavy (non-hydrogen) atoms. The van der Waals surface area contributed by atoms with Gasteiger partial charge in [0.15, 0.2) is 11.5 Å². The van der Waals surface area contributed by atoms with Gasteiger partial charge in [0.25, 0.3) is 0 Å². The zero-order valence-electron chi connectivity index (χ0n) is 13.9. The second-order valence-electron chi connectivity index (χ2n) is 5.73. The number of hydrogen-bond acceptors (Lipinski definition) is 4. The Morgan fingerprint density at radius 2 is 1.92 bits per heavy atom. The first-order chi connectivity index (χ1) is 11.7. The van der Waals surface area contributed by atoms with Gasteiger partial charge in [0.2, 0.25) is 12.7 Å². The first-order valence-corrected chi connectivity index (χ1v) is 7.91. The van der Waals surface area contributed by atoms with E-state index in [0.717, 1.165) is 22.6 Å². The molecule has 0 radical (unpaired) electrons. The normalized spacial score (nSPS) is 13.6. The molecule has 0 bridgehead atoms. The minimum atomic E-state index is -0.0562. The van der Waals surface area contributed by atoms with E-state index < -0.39 is 0 Å². The SMILES string of the molecule is COCC(=O)N(Cc1ccc2c(c1)OCO2)[C@@H](C)c1ccccc1. The Morgan fingerprint density at radius 3 is 2.67 bits per heavy atom. The lowest BCUT2D eigenvalue weighted by Crippen LogP contribution is -2.35. The van der Waals surface area contributed by atoms with Crippen LogP contribution in [0, 0.1) is 0 Å². The number of ether oxygens (including phenoxy) is 3. The van der Waals surface area contributed by atoms with Gasteiger partial charge >= 0.3 is 0 Å². The molecule has 1 heterocycles. The van der Waals surface area contributed by atoms with Crippen molar-refractivity contribution < 1.29 is 19.0 Å². The fourth-order valence-corrected chi connectivity index (χ4v) is 2.79. The van der Waals surface area contributed by atoms with Crippen LogP contribution in [0.5, 0.6) is 11.5 Å². The third-order valence-electron chi connectivity index (χ3n) is 4.13. The van der Waals surface area contributed by atoms with Crippen LogP contribution in [0.25, 0.3) is 0 Å². The van der Waals surface area contributed by atoms with Crippen molar-refractivity contribution in [3.8, 4) is 11.5 Å². The largest absolute Gasteiger partial charge is 0.454 e. The Morgan fingerprint density at radius 1 is 1.17 bits per heavy atom. The minimum Gasteiger partial charge on any atom is -0.454 e. The van der Waals surface area contributed by atoms with Crippen LogP contribution in [-0.4, -0.2) is 31.3 Å². The van der Waals surface area contributed by atoms with Gasteiger partial charge in [-0.3, -0.25) is 4.79 Å². The number of carbonyl (C=O) groups excluding carboxylic acids is 1. The number of methoxy groups -OCH3 is 1. The van der Waals surface area contributed by atoms with Crippen molar-refractivity contribution in [2.75, 3.05) is 20.5 Å². The molecule has 0 fully saturated rings. The molecule has 2 aromatic carbocycles. The molecule has 0 saturated heterocycles. The highest BCUT2D eigenvalue weighted by Crippen LogP contribution is 2.33. The summed E-state index contributed by atoms with van der Waals surface area (Å²) in [5.74, 6) is 1.41. The van der Waals surface area contributed by atoms with Gasteiger partial charge in [-0.25, -0.2) is 0 Å².